The summed E-state index contributed by atoms with van der Waals surface area (Å²) in [5, 5.41) is 3.38. The number of ether oxygens (including phenoxy) is 2. The summed E-state index contributed by atoms with van der Waals surface area (Å²) in [5.74, 6) is 1.58. The van der Waals surface area contributed by atoms with Gasteiger partial charge in [-0.25, -0.2) is 0 Å². The van der Waals surface area contributed by atoms with Crippen LogP contribution >= 0.6 is 15.9 Å². The minimum atomic E-state index is 0.435. The Labute approximate surface area is 124 Å². The van der Waals surface area contributed by atoms with E-state index in [1.54, 1.807) is 0 Å². The molecule has 19 heavy (non-hydrogen) atoms. The van der Waals surface area contributed by atoms with Crippen LogP contribution in [0.5, 0.6) is 11.5 Å². The highest BCUT2D eigenvalue weighted by Crippen LogP contribution is 2.32. The van der Waals surface area contributed by atoms with E-state index in [0.717, 1.165) is 41.1 Å². The van der Waals surface area contributed by atoms with Crippen LogP contribution in [0, 0.1) is 0 Å². The standard InChI is InChI=1S/C15H22BrNO2/c1-4-9-17-10-13-7-6-8-14(18-5-2)15(13)19-11-12(3)16/h6-8,17H,3-5,9-11H2,1-2H3. The third-order valence-electron chi connectivity index (χ3n) is 2.48. The maximum absolute atomic E-state index is 5.80. The Morgan fingerprint density at radius 3 is 2.74 bits per heavy atom. The molecule has 0 saturated carbocycles. The van der Waals surface area contributed by atoms with Crippen molar-refractivity contribution in [2.75, 3.05) is 19.8 Å². The smallest absolute Gasteiger partial charge is 0.166 e. The Hall–Kier alpha value is -1.00. The van der Waals surface area contributed by atoms with Crippen molar-refractivity contribution in [3.8, 4) is 11.5 Å². The number of hydrogen-bond donors (Lipinski definition) is 1. The Morgan fingerprint density at radius 1 is 1.32 bits per heavy atom. The lowest BCUT2D eigenvalue weighted by molar-refractivity contribution is 0.293. The maximum atomic E-state index is 5.80. The van der Waals surface area contributed by atoms with Gasteiger partial charge in [0.1, 0.15) is 6.61 Å². The molecule has 0 spiro atoms. The largest absolute Gasteiger partial charge is 0.490 e. The van der Waals surface area contributed by atoms with Crippen LogP contribution in [0.3, 0.4) is 0 Å². The first-order valence-corrected chi connectivity index (χ1v) is 7.39. The van der Waals surface area contributed by atoms with Crippen LogP contribution < -0.4 is 14.8 Å². The van der Waals surface area contributed by atoms with Crippen LogP contribution in [-0.4, -0.2) is 19.8 Å². The Bertz CT molecular complexity index is 407. The van der Waals surface area contributed by atoms with Crippen LogP contribution in [0.15, 0.2) is 29.3 Å². The molecule has 0 saturated heterocycles. The van der Waals surface area contributed by atoms with Crippen molar-refractivity contribution in [3.63, 3.8) is 0 Å². The Kier molecular flexibility index (Phi) is 7.60. The molecule has 0 radical (unpaired) electrons. The van der Waals surface area contributed by atoms with E-state index < -0.39 is 0 Å². The lowest BCUT2D eigenvalue weighted by Gasteiger charge is -2.16. The van der Waals surface area contributed by atoms with Gasteiger partial charge in [-0.3, -0.25) is 0 Å². The summed E-state index contributed by atoms with van der Waals surface area (Å²) in [6.07, 6.45) is 1.11. The van der Waals surface area contributed by atoms with E-state index in [1.165, 1.54) is 0 Å². The predicted octanol–water partition coefficient (Wildman–Crippen LogP) is 3.87. The molecule has 0 aromatic heterocycles. The minimum Gasteiger partial charge on any atom is -0.490 e. The molecular weight excluding hydrogens is 306 g/mol. The molecule has 0 amide bonds. The molecule has 3 nitrogen and oxygen atoms in total. The topological polar surface area (TPSA) is 30.5 Å². The Balaban J connectivity index is 2.85. The molecule has 1 aromatic rings. The molecule has 1 rings (SSSR count). The molecule has 0 unspecified atom stereocenters. The van der Waals surface area contributed by atoms with Gasteiger partial charge in [0.15, 0.2) is 11.5 Å². The van der Waals surface area contributed by atoms with Crippen molar-refractivity contribution in [2.45, 2.75) is 26.8 Å². The highest BCUT2D eigenvalue weighted by Gasteiger charge is 2.11. The van der Waals surface area contributed by atoms with Gasteiger partial charge in [0.05, 0.1) is 6.61 Å². The fraction of sp³-hybridized carbons (Fsp3) is 0.467. The fourth-order valence-corrected chi connectivity index (χ4v) is 1.80. The fourth-order valence-electron chi connectivity index (χ4n) is 1.68. The molecular formula is C15H22BrNO2. The van der Waals surface area contributed by atoms with Gasteiger partial charge in [-0.1, -0.05) is 41.6 Å². The van der Waals surface area contributed by atoms with Gasteiger partial charge in [-0.15, -0.1) is 0 Å². The number of rotatable bonds is 9. The van der Waals surface area contributed by atoms with E-state index >= 15 is 0 Å². The second-order valence-electron chi connectivity index (χ2n) is 4.16. The number of hydrogen-bond acceptors (Lipinski definition) is 3. The first-order chi connectivity index (χ1) is 9.19. The van der Waals surface area contributed by atoms with Crippen LogP contribution in [0.4, 0.5) is 0 Å². The lowest BCUT2D eigenvalue weighted by Crippen LogP contribution is -2.15. The van der Waals surface area contributed by atoms with Crippen LogP contribution in [0.1, 0.15) is 25.8 Å². The summed E-state index contributed by atoms with van der Waals surface area (Å²) < 4.78 is 12.2. The summed E-state index contributed by atoms with van der Waals surface area (Å²) in [5.41, 5.74) is 1.10. The van der Waals surface area contributed by atoms with Crippen molar-refractivity contribution >= 4 is 15.9 Å². The first-order valence-electron chi connectivity index (χ1n) is 6.60. The minimum absolute atomic E-state index is 0.435. The Morgan fingerprint density at radius 2 is 2.11 bits per heavy atom. The van der Waals surface area contributed by atoms with Crippen molar-refractivity contribution in [2.24, 2.45) is 0 Å². The summed E-state index contributed by atoms with van der Waals surface area (Å²) in [4.78, 5) is 0. The molecule has 1 aromatic carbocycles. The molecule has 1 N–H and O–H groups in total. The zero-order valence-electron chi connectivity index (χ0n) is 11.7. The normalized spacial score (nSPS) is 10.3. The average molecular weight is 328 g/mol. The van der Waals surface area contributed by atoms with Gasteiger partial charge in [-0.2, -0.15) is 0 Å². The zero-order valence-corrected chi connectivity index (χ0v) is 13.3. The van der Waals surface area contributed by atoms with Crippen LogP contribution in [0.25, 0.3) is 0 Å². The number of para-hydroxylation sites is 1. The molecule has 0 bridgehead atoms. The predicted molar refractivity (Wildman–Crippen MR) is 83.2 cm³/mol. The van der Waals surface area contributed by atoms with E-state index in [4.69, 9.17) is 9.47 Å². The quantitative estimate of drug-likeness (QED) is 0.698. The molecule has 0 aliphatic carbocycles. The highest BCUT2D eigenvalue weighted by molar-refractivity contribution is 9.11. The van der Waals surface area contributed by atoms with Gasteiger partial charge < -0.3 is 14.8 Å². The van der Waals surface area contributed by atoms with Gasteiger partial charge in [0.2, 0.25) is 0 Å². The average Bonchev–Trinajstić information content (AvgIpc) is 2.38. The monoisotopic (exact) mass is 327 g/mol. The second kappa shape index (κ2) is 8.99. The van der Waals surface area contributed by atoms with Gasteiger partial charge in [0.25, 0.3) is 0 Å². The second-order valence-corrected chi connectivity index (χ2v) is 5.28. The number of halogens is 1. The molecule has 0 aliphatic rings. The summed E-state index contributed by atoms with van der Waals surface area (Å²) in [6.45, 7) is 10.7. The van der Waals surface area contributed by atoms with Crippen LogP contribution in [-0.2, 0) is 6.54 Å². The van der Waals surface area contributed by atoms with E-state index in [9.17, 15) is 0 Å². The van der Waals surface area contributed by atoms with Crippen molar-refractivity contribution in [1.82, 2.24) is 5.32 Å². The summed E-state index contributed by atoms with van der Waals surface area (Å²) in [7, 11) is 0. The first kappa shape index (κ1) is 16.1. The van der Waals surface area contributed by atoms with Crippen molar-refractivity contribution < 1.29 is 9.47 Å². The van der Waals surface area contributed by atoms with Gasteiger partial charge in [-0.05, 0) is 26.0 Å². The van der Waals surface area contributed by atoms with E-state index in [1.807, 2.05) is 19.1 Å². The number of nitrogens with one attached hydrogen (secondary N) is 1. The van der Waals surface area contributed by atoms with Crippen LogP contribution in [0.2, 0.25) is 0 Å². The van der Waals surface area contributed by atoms with E-state index in [2.05, 4.69) is 40.8 Å². The molecule has 0 aliphatic heterocycles. The summed E-state index contributed by atoms with van der Waals surface area (Å²) in [6, 6.07) is 5.97. The zero-order chi connectivity index (χ0) is 14.1. The van der Waals surface area contributed by atoms with Gasteiger partial charge >= 0.3 is 0 Å². The third kappa shape index (κ3) is 5.66. The van der Waals surface area contributed by atoms with Crippen molar-refractivity contribution in [3.05, 3.63) is 34.8 Å². The molecule has 4 heteroatoms. The SMILES string of the molecule is C=C(Br)COc1c(CNCCC)cccc1OCC. The maximum Gasteiger partial charge on any atom is 0.166 e. The highest BCUT2D eigenvalue weighted by atomic mass is 79.9. The van der Waals surface area contributed by atoms with Gasteiger partial charge in [0, 0.05) is 16.6 Å². The summed E-state index contributed by atoms with van der Waals surface area (Å²) >= 11 is 3.31. The molecule has 0 atom stereocenters. The van der Waals surface area contributed by atoms with E-state index in [-0.39, 0.29) is 0 Å². The van der Waals surface area contributed by atoms with E-state index in [0.29, 0.717) is 13.2 Å². The molecule has 0 fully saturated rings. The molecule has 106 valence electrons. The molecule has 0 heterocycles. The lowest BCUT2D eigenvalue weighted by atomic mass is 10.2. The number of benzene rings is 1. The van der Waals surface area contributed by atoms with Crippen molar-refractivity contribution in [1.29, 1.82) is 0 Å². The third-order valence-corrected chi connectivity index (χ3v) is 2.70.